The third-order valence-corrected chi connectivity index (χ3v) is 5.88. The second-order valence-electron chi connectivity index (χ2n) is 7.14. The number of aliphatic imine (C=N–C) groups is 1. The molecule has 3 heterocycles. The summed E-state index contributed by atoms with van der Waals surface area (Å²) in [5.74, 6) is 1.10. The lowest BCUT2D eigenvalue weighted by atomic mass is 10.0. The van der Waals surface area contributed by atoms with Crippen LogP contribution in [0.15, 0.2) is 59.6 Å². The molecule has 30 heavy (non-hydrogen) atoms. The lowest BCUT2D eigenvalue weighted by Crippen LogP contribution is -2.13. The van der Waals surface area contributed by atoms with Gasteiger partial charge >= 0.3 is 0 Å². The van der Waals surface area contributed by atoms with Gasteiger partial charge in [0.2, 0.25) is 5.95 Å². The molecule has 0 bridgehead atoms. The molecule has 3 N–H and O–H groups in total. The van der Waals surface area contributed by atoms with Crippen LogP contribution in [0.1, 0.15) is 28.5 Å². The number of rotatable bonds is 5. The average molecular weight is 417 g/mol. The van der Waals surface area contributed by atoms with E-state index < -0.39 is 0 Å². The van der Waals surface area contributed by atoms with E-state index in [1.165, 1.54) is 22.5 Å². The number of nitrogens with zero attached hydrogens (tertiary/aromatic N) is 6. The van der Waals surface area contributed by atoms with Crippen molar-refractivity contribution >= 4 is 28.8 Å². The van der Waals surface area contributed by atoms with Crippen LogP contribution in [0.2, 0.25) is 0 Å². The average Bonchev–Trinajstić information content (AvgIpc) is 3.50. The molecule has 9 heteroatoms. The lowest BCUT2D eigenvalue weighted by molar-refractivity contribution is 0.715. The van der Waals surface area contributed by atoms with Crippen molar-refractivity contribution in [2.24, 2.45) is 17.8 Å². The standard InChI is InChI=1S/C21H20N8S/c1-29-11-15(9-25-29)26-21-24-7-6-17(28-21)14-2-4-16-13(8-14)3-5-18(16)27-20(22)19-10-23-12-30-19/h2,4,6-12,18H,3,5H2,1H3,(H2,22,27)(H,24,26,28). The molecular formula is C21H20N8S. The summed E-state index contributed by atoms with van der Waals surface area (Å²) in [6, 6.07) is 8.43. The zero-order valence-corrected chi connectivity index (χ0v) is 17.2. The Hall–Kier alpha value is -3.59. The molecule has 5 rings (SSSR count). The fourth-order valence-electron chi connectivity index (χ4n) is 3.66. The number of aryl methyl sites for hydroxylation is 2. The van der Waals surface area contributed by atoms with Crippen LogP contribution in [-0.4, -0.2) is 30.6 Å². The van der Waals surface area contributed by atoms with E-state index in [1.54, 1.807) is 28.8 Å². The maximum absolute atomic E-state index is 6.17. The summed E-state index contributed by atoms with van der Waals surface area (Å²) in [4.78, 5) is 18.7. The summed E-state index contributed by atoms with van der Waals surface area (Å²) in [6.45, 7) is 0. The molecular weight excluding hydrogens is 396 g/mol. The highest BCUT2D eigenvalue weighted by atomic mass is 32.1. The Kier molecular flexibility index (Phi) is 4.72. The van der Waals surface area contributed by atoms with Gasteiger partial charge in [-0.2, -0.15) is 5.10 Å². The molecule has 1 unspecified atom stereocenters. The second-order valence-corrected chi connectivity index (χ2v) is 8.03. The number of aromatic nitrogens is 5. The van der Waals surface area contributed by atoms with Crippen LogP contribution in [0.5, 0.6) is 0 Å². The van der Waals surface area contributed by atoms with Gasteiger partial charge in [-0.1, -0.05) is 12.1 Å². The summed E-state index contributed by atoms with van der Waals surface area (Å²) in [5, 5.41) is 7.34. The van der Waals surface area contributed by atoms with Crippen LogP contribution >= 0.6 is 11.3 Å². The van der Waals surface area contributed by atoms with Crippen LogP contribution in [-0.2, 0) is 13.5 Å². The van der Waals surface area contributed by atoms with Gasteiger partial charge in [-0.25, -0.2) is 9.97 Å². The smallest absolute Gasteiger partial charge is 0.227 e. The van der Waals surface area contributed by atoms with E-state index in [1.807, 2.05) is 19.3 Å². The van der Waals surface area contributed by atoms with Crippen molar-refractivity contribution in [2.75, 3.05) is 5.32 Å². The largest absolute Gasteiger partial charge is 0.383 e. The van der Waals surface area contributed by atoms with Crippen molar-refractivity contribution in [1.29, 1.82) is 0 Å². The van der Waals surface area contributed by atoms with Crippen molar-refractivity contribution in [3.63, 3.8) is 0 Å². The molecule has 0 amide bonds. The van der Waals surface area contributed by atoms with E-state index in [4.69, 9.17) is 10.7 Å². The number of hydrogen-bond acceptors (Lipinski definition) is 7. The summed E-state index contributed by atoms with van der Waals surface area (Å²) in [7, 11) is 1.87. The molecule has 3 aromatic heterocycles. The van der Waals surface area contributed by atoms with Gasteiger partial charge in [-0.15, -0.1) is 11.3 Å². The van der Waals surface area contributed by atoms with E-state index in [9.17, 15) is 0 Å². The Bertz CT molecular complexity index is 1210. The zero-order chi connectivity index (χ0) is 20.5. The van der Waals surface area contributed by atoms with Crippen molar-refractivity contribution in [3.05, 3.63) is 70.6 Å². The van der Waals surface area contributed by atoms with E-state index in [2.05, 4.69) is 43.6 Å². The molecule has 0 aliphatic heterocycles. The number of fused-ring (bicyclic) bond motifs is 1. The quantitative estimate of drug-likeness (QED) is 0.381. The predicted molar refractivity (Wildman–Crippen MR) is 118 cm³/mol. The summed E-state index contributed by atoms with van der Waals surface area (Å²) in [6.07, 6.45) is 9.06. The predicted octanol–water partition coefficient (Wildman–Crippen LogP) is 3.47. The Morgan fingerprint density at radius 2 is 2.23 bits per heavy atom. The first-order valence-corrected chi connectivity index (χ1v) is 10.5. The minimum Gasteiger partial charge on any atom is -0.383 e. The number of nitrogens with one attached hydrogen (secondary N) is 1. The van der Waals surface area contributed by atoms with Gasteiger partial charge < -0.3 is 11.1 Å². The molecule has 0 spiro atoms. The van der Waals surface area contributed by atoms with E-state index >= 15 is 0 Å². The molecule has 1 aliphatic rings. The first kappa shape index (κ1) is 18.4. The molecule has 1 atom stereocenters. The molecule has 150 valence electrons. The van der Waals surface area contributed by atoms with Crippen LogP contribution in [0, 0.1) is 0 Å². The van der Waals surface area contributed by atoms with E-state index in [-0.39, 0.29) is 6.04 Å². The van der Waals surface area contributed by atoms with Gasteiger partial charge in [0.1, 0.15) is 5.84 Å². The Morgan fingerprint density at radius 3 is 3.03 bits per heavy atom. The minimum absolute atomic E-state index is 0.0874. The van der Waals surface area contributed by atoms with Gasteiger partial charge in [0, 0.05) is 31.2 Å². The SMILES string of the molecule is Cn1cc(Nc2nccc(-c3ccc4c(c3)CCC4N=C(N)c3cncs3)n2)cn1. The number of benzene rings is 1. The van der Waals surface area contributed by atoms with Gasteiger partial charge in [0.05, 0.1) is 34.0 Å². The molecule has 0 saturated carbocycles. The second kappa shape index (κ2) is 7.68. The van der Waals surface area contributed by atoms with E-state index in [0.29, 0.717) is 11.8 Å². The highest BCUT2D eigenvalue weighted by Gasteiger charge is 2.23. The number of nitrogens with two attached hydrogens (primary N) is 1. The molecule has 0 saturated heterocycles. The van der Waals surface area contributed by atoms with Gasteiger partial charge in [-0.05, 0) is 36.1 Å². The fraction of sp³-hybridized carbons (Fsp3) is 0.190. The summed E-state index contributed by atoms with van der Waals surface area (Å²) < 4.78 is 1.73. The third-order valence-electron chi connectivity index (χ3n) is 5.08. The Balaban J connectivity index is 1.39. The number of anilines is 2. The first-order valence-electron chi connectivity index (χ1n) is 9.60. The number of hydrogen-bond donors (Lipinski definition) is 2. The van der Waals surface area contributed by atoms with Crippen LogP contribution in [0.3, 0.4) is 0 Å². The first-order chi connectivity index (χ1) is 14.7. The van der Waals surface area contributed by atoms with Crippen molar-refractivity contribution < 1.29 is 0 Å². The molecule has 0 radical (unpaired) electrons. The highest BCUT2D eigenvalue weighted by molar-refractivity contribution is 7.11. The lowest BCUT2D eigenvalue weighted by Gasteiger charge is -2.10. The van der Waals surface area contributed by atoms with Gasteiger partial charge in [0.15, 0.2) is 0 Å². The number of amidine groups is 1. The van der Waals surface area contributed by atoms with E-state index in [0.717, 1.165) is 34.7 Å². The highest BCUT2D eigenvalue weighted by Crippen LogP contribution is 2.36. The van der Waals surface area contributed by atoms with Gasteiger partial charge in [-0.3, -0.25) is 14.7 Å². The topological polar surface area (TPSA) is 107 Å². The maximum Gasteiger partial charge on any atom is 0.227 e. The summed E-state index contributed by atoms with van der Waals surface area (Å²) in [5.41, 5.74) is 13.2. The van der Waals surface area contributed by atoms with Crippen LogP contribution < -0.4 is 11.1 Å². The normalized spacial score (nSPS) is 15.9. The van der Waals surface area contributed by atoms with Crippen LogP contribution in [0.25, 0.3) is 11.3 Å². The minimum atomic E-state index is 0.0874. The third kappa shape index (κ3) is 3.67. The van der Waals surface area contributed by atoms with Crippen LogP contribution in [0.4, 0.5) is 11.6 Å². The Labute approximate surface area is 177 Å². The van der Waals surface area contributed by atoms with Crippen molar-refractivity contribution in [2.45, 2.75) is 18.9 Å². The number of thiazole rings is 1. The van der Waals surface area contributed by atoms with Gasteiger partial charge in [0.25, 0.3) is 0 Å². The molecule has 1 aliphatic carbocycles. The maximum atomic E-state index is 6.17. The molecule has 8 nitrogen and oxygen atoms in total. The fourth-order valence-corrected chi connectivity index (χ4v) is 4.19. The Morgan fingerprint density at radius 1 is 1.30 bits per heavy atom. The monoisotopic (exact) mass is 416 g/mol. The molecule has 1 aromatic carbocycles. The molecule has 4 aromatic rings. The van der Waals surface area contributed by atoms with Crippen molar-refractivity contribution in [3.8, 4) is 11.3 Å². The zero-order valence-electron chi connectivity index (χ0n) is 16.4. The molecule has 0 fully saturated rings. The van der Waals surface area contributed by atoms with Crippen molar-refractivity contribution in [1.82, 2.24) is 24.7 Å². The summed E-state index contributed by atoms with van der Waals surface area (Å²) >= 11 is 1.51.